The quantitative estimate of drug-likeness (QED) is 0.385. The number of hydrogen-bond acceptors (Lipinski definition) is 7. The molecule has 8 heteroatoms. The summed E-state index contributed by atoms with van der Waals surface area (Å²) in [6.45, 7) is 9.12. The van der Waals surface area contributed by atoms with E-state index in [-0.39, 0.29) is 30.6 Å². The van der Waals surface area contributed by atoms with E-state index in [1.165, 1.54) is 38.5 Å². The Morgan fingerprint density at radius 2 is 1.88 bits per heavy atom. The molecule has 236 valence electrons. The van der Waals surface area contributed by atoms with E-state index >= 15 is 0 Å². The van der Waals surface area contributed by atoms with Gasteiger partial charge in [-0.2, -0.15) is 5.06 Å². The average Bonchev–Trinajstić information content (AvgIpc) is 3.32. The number of rotatable bonds is 9. The minimum atomic E-state index is -0.772. The van der Waals surface area contributed by atoms with Gasteiger partial charge in [-0.25, -0.2) is 0 Å². The third-order valence-corrected chi connectivity index (χ3v) is 12.8. The molecule has 1 aliphatic heterocycles. The van der Waals surface area contributed by atoms with Gasteiger partial charge in [-0.1, -0.05) is 33.6 Å². The molecule has 1 saturated heterocycles. The Kier molecular flexibility index (Phi) is 9.79. The van der Waals surface area contributed by atoms with Gasteiger partial charge in [-0.05, 0) is 101 Å². The highest BCUT2D eigenvalue weighted by atomic mass is 16.7. The van der Waals surface area contributed by atoms with E-state index < -0.39 is 24.2 Å². The molecule has 0 radical (unpaired) electrons. The van der Waals surface area contributed by atoms with Crippen LogP contribution in [-0.2, 0) is 14.4 Å². The summed E-state index contributed by atoms with van der Waals surface area (Å²) in [4.78, 5) is 22.8. The van der Waals surface area contributed by atoms with Gasteiger partial charge in [0.1, 0.15) is 12.1 Å². The fourth-order valence-corrected chi connectivity index (χ4v) is 10.2. The van der Waals surface area contributed by atoms with E-state index in [1.54, 1.807) is 6.92 Å². The second-order valence-corrected chi connectivity index (χ2v) is 15.4. The summed E-state index contributed by atoms with van der Waals surface area (Å²) in [6, 6.07) is 0.152. The number of nitrogens with one attached hydrogen (secondary N) is 1. The Labute approximate surface area is 248 Å². The lowest BCUT2D eigenvalue weighted by Gasteiger charge is -2.62. The highest BCUT2D eigenvalue weighted by molar-refractivity contribution is 5.82. The molecule has 5 aliphatic carbocycles. The second-order valence-electron chi connectivity index (χ2n) is 15.4. The molecule has 5 saturated carbocycles. The highest BCUT2D eigenvalue weighted by Crippen LogP contribution is 2.61. The monoisotopic (exact) mass is 577 g/mol. The van der Waals surface area contributed by atoms with Gasteiger partial charge in [0, 0.05) is 37.6 Å². The first-order valence-electron chi connectivity index (χ1n) is 16.7. The fraction of sp³-hybridized carbons (Fsp3) is 0.970. The molecule has 0 aromatic rings. The largest absolute Gasteiger partial charge is 0.394 e. The predicted molar refractivity (Wildman–Crippen MR) is 160 cm³/mol. The minimum Gasteiger partial charge on any atom is -0.394 e. The van der Waals surface area contributed by atoms with Crippen molar-refractivity contribution in [2.45, 2.75) is 122 Å². The number of carbonyl (C=O) groups is 1. The predicted octanol–water partition coefficient (Wildman–Crippen LogP) is 3.70. The molecule has 1 amide bonds. The first kappa shape index (κ1) is 31.6. The second kappa shape index (κ2) is 12.7. The van der Waals surface area contributed by atoms with Crippen molar-refractivity contribution in [2.75, 3.05) is 34.4 Å². The van der Waals surface area contributed by atoms with Crippen molar-refractivity contribution in [1.29, 1.82) is 0 Å². The molecule has 6 fully saturated rings. The van der Waals surface area contributed by atoms with Gasteiger partial charge in [0.2, 0.25) is 5.91 Å². The molecular weight excluding hydrogens is 518 g/mol. The summed E-state index contributed by atoms with van der Waals surface area (Å²) in [6.07, 6.45) is 9.45. The van der Waals surface area contributed by atoms with Crippen molar-refractivity contribution < 1.29 is 24.6 Å². The number of hydrogen-bond donors (Lipinski definition) is 3. The van der Waals surface area contributed by atoms with E-state index in [0.29, 0.717) is 47.6 Å². The summed E-state index contributed by atoms with van der Waals surface area (Å²) in [5.41, 5.74) is 0.352. The van der Waals surface area contributed by atoms with Crippen molar-refractivity contribution in [3.05, 3.63) is 0 Å². The number of amides is 1. The Hall–Kier alpha value is -0.770. The van der Waals surface area contributed by atoms with Crippen LogP contribution in [-0.4, -0.2) is 96.9 Å². The average molecular weight is 578 g/mol. The highest BCUT2D eigenvalue weighted by Gasteiger charge is 2.57. The SMILES string of the molecule is COC1C(CN2O[C@@H](CO)[C@@H]([C@H](C)O)[C@H]2C(=O)N[C@@H]2CC3C[C@@H]([C@@H]2C)C3(C)C)CCCC1C1CCCC(N(C)C)C1. The van der Waals surface area contributed by atoms with Crippen LogP contribution in [0.15, 0.2) is 0 Å². The van der Waals surface area contributed by atoms with E-state index in [9.17, 15) is 15.0 Å². The van der Waals surface area contributed by atoms with Gasteiger partial charge in [-0.15, -0.1) is 0 Å². The maximum absolute atomic E-state index is 14.1. The van der Waals surface area contributed by atoms with Crippen molar-refractivity contribution >= 4 is 5.91 Å². The summed E-state index contributed by atoms with van der Waals surface area (Å²) < 4.78 is 6.28. The zero-order valence-electron chi connectivity index (χ0n) is 26.8. The van der Waals surface area contributed by atoms with Crippen LogP contribution in [0.4, 0.5) is 0 Å². The molecule has 3 N–H and O–H groups in total. The van der Waals surface area contributed by atoms with Gasteiger partial charge in [0.05, 0.1) is 18.8 Å². The van der Waals surface area contributed by atoms with E-state index in [2.05, 4.69) is 45.1 Å². The van der Waals surface area contributed by atoms with Crippen molar-refractivity contribution in [2.24, 2.45) is 46.8 Å². The van der Waals surface area contributed by atoms with Crippen LogP contribution in [0.3, 0.4) is 0 Å². The van der Waals surface area contributed by atoms with Crippen LogP contribution >= 0.6 is 0 Å². The number of methoxy groups -OCH3 is 1. The molecule has 41 heavy (non-hydrogen) atoms. The van der Waals surface area contributed by atoms with E-state index in [1.807, 2.05) is 12.2 Å². The smallest absolute Gasteiger partial charge is 0.240 e. The molecule has 0 spiro atoms. The molecule has 6 aliphatic rings. The first-order chi connectivity index (χ1) is 19.5. The van der Waals surface area contributed by atoms with Crippen LogP contribution in [0.2, 0.25) is 0 Å². The lowest BCUT2D eigenvalue weighted by Crippen LogP contribution is -2.62. The Balaban J connectivity index is 1.31. The summed E-state index contributed by atoms with van der Waals surface area (Å²) in [5.74, 6) is 2.56. The van der Waals surface area contributed by atoms with Gasteiger partial charge < -0.3 is 25.2 Å². The molecule has 13 atom stereocenters. The summed E-state index contributed by atoms with van der Waals surface area (Å²) in [7, 11) is 6.26. The molecule has 0 aromatic carbocycles. The number of ether oxygens (including phenoxy) is 1. The number of aliphatic hydroxyl groups is 2. The maximum Gasteiger partial charge on any atom is 0.240 e. The molecular formula is C33H59N3O5. The third-order valence-electron chi connectivity index (χ3n) is 12.8. The van der Waals surface area contributed by atoms with Gasteiger partial charge >= 0.3 is 0 Å². The Bertz CT molecular complexity index is 898. The lowest BCUT2D eigenvalue weighted by molar-refractivity contribution is -0.193. The number of carbonyl (C=O) groups excluding carboxylic acids is 1. The van der Waals surface area contributed by atoms with Crippen molar-refractivity contribution in [1.82, 2.24) is 15.3 Å². The van der Waals surface area contributed by atoms with Crippen LogP contribution < -0.4 is 5.32 Å². The van der Waals surface area contributed by atoms with Crippen LogP contribution in [0.1, 0.15) is 85.5 Å². The van der Waals surface area contributed by atoms with Gasteiger partial charge in [0.15, 0.2) is 0 Å². The van der Waals surface area contributed by atoms with E-state index in [0.717, 1.165) is 19.3 Å². The van der Waals surface area contributed by atoms with E-state index in [4.69, 9.17) is 9.57 Å². The Morgan fingerprint density at radius 3 is 2.49 bits per heavy atom. The molecule has 8 nitrogen and oxygen atoms in total. The summed E-state index contributed by atoms with van der Waals surface area (Å²) >= 11 is 0. The topological polar surface area (TPSA) is 94.5 Å². The fourth-order valence-electron chi connectivity index (χ4n) is 10.2. The lowest BCUT2D eigenvalue weighted by atomic mass is 9.45. The molecule has 6 rings (SSSR count). The standard InChI is InChI=1S/C33H59N3O5/c1-19-26-15-23(33(26,3)4)16-27(19)34-32(39)30-29(20(2)38)28(18-37)41-36(30)17-22-11-9-13-25(31(22)40-7)21-10-8-12-24(14-21)35(5)6/h19-31,37-38H,8-18H2,1-7H3,(H,34,39)/t19-,20-,21?,22?,23?,24?,25?,26-,27+,28-,29+,30-,31?/m0/s1. The molecule has 2 bridgehead atoms. The molecule has 1 heterocycles. The minimum absolute atomic E-state index is 0.0646. The number of hydroxylamine groups is 2. The Morgan fingerprint density at radius 1 is 1.15 bits per heavy atom. The zero-order valence-corrected chi connectivity index (χ0v) is 26.8. The number of aliphatic hydroxyl groups excluding tert-OH is 2. The molecule has 6 unspecified atom stereocenters. The normalized spacial score (nSPS) is 45.3. The first-order valence-corrected chi connectivity index (χ1v) is 16.7. The number of fused-ring (bicyclic) bond motifs is 2. The number of nitrogens with zero attached hydrogens (tertiary/aromatic N) is 2. The maximum atomic E-state index is 14.1. The van der Waals surface area contributed by atoms with Crippen LogP contribution in [0, 0.1) is 46.8 Å². The van der Waals surface area contributed by atoms with Crippen LogP contribution in [0.5, 0.6) is 0 Å². The van der Waals surface area contributed by atoms with Gasteiger partial charge in [0.25, 0.3) is 0 Å². The van der Waals surface area contributed by atoms with Gasteiger partial charge in [-0.3, -0.25) is 9.63 Å². The summed E-state index contributed by atoms with van der Waals surface area (Å²) in [5, 5.41) is 26.3. The zero-order chi connectivity index (χ0) is 29.6. The van der Waals surface area contributed by atoms with Crippen LogP contribution in [0.25, 0.3) is 0 Å². The molecule has 0 aromatic heterocycles. The van der Waals surface area contributed by atoms with Crippen molar-refractivity contribution in [3.8, 4) is 0 Å². The van der Waals surface area contributed by atoms with Crippen molar-refractivity contribution in [3.63, 3.8) is 0 Å². The third kappa shape index (κ3) is 6.00.